The number of methoxy groups -OCH3 is 1. The van der Waals surface area contributed by atoms with E-state index in [0.29, 0.717) is 0 Å². The predicted molar refractivity (Wildman–Crippen MR) is 97.8 cm³/mol. The highest BCUT2D eigenvalue weighted by atomic mass is 16.5. The Bertz CT molecular complexity index is 586. The van der Waals surface area contributed by atoms with Crippen LogP contribution in [0.15, 0.2) is 24.4 Å². The monoisotopic (exact) mass is 300 g/mol. The van der Waals surface area contributed by atoms with Crippen molar-refractivity contribution in [3.8, 4) is 5.75 Å². The van der Waals surface area contributed by atoms with Crippen LogP contribution in [0.1, 0.15) is 72.1 Å². The predicted octanol–water partition coefficient (Wildman–Crippen LogP) is 6.11. The molecule has 0 aliphatic heterocycles. The molecule has 0 aliphatic carbocycles. The lowest BCUT2D eigenvalue weighted by Crippen LogP contribution is -2.35. The largest absolute Gasteiger partial charge is 0.496 e. The lowest BCUT2D eigenvalue weighted by atomic mass is 9.64. The molecular weight excluding hydrogens is 268 g/mol. The van der Waals surface area contributed by atoms with Crippen LogP contribution in [0.5, 0.6) is 5.75 Å². The molecule has 0 saturated carbocycles. The van der Waals surface area contributed by atoms with Crippen LogP contribution >= 0.6 is 0 Å². The maximum atomic E-state index is 5.78. The zero-order chi connectivity index (χ0) is 17.3. The van der Waals surface area contributed by atoms with E-state index in [-0.39, 0.29) is 16.2 Å². The van der Waals surface area contributed by atoms with Crippen LogP contribution in [0.25, 0.3) is 6.08 Å². The Morgan fingerprint density at radius 1 is 1.00 bits per heavy atom. The molecule has 0 radical (unpaired) electrons. The number of benzene rings is 1. The lowest BCUT2D eigenvalue weighted by molar-refractivity contribution is 0.218. The molecule has 0 atom stereocenters. The van der Waals surface area contributed by atoms with Crippen LogP contribution < -0.4 is 4.74 Å². The van der Waals surface area contributed by atoms with Crippen LogP contribution in [0.3, 0.4) is 0 Å². The second kappa shape index (κ2) is 5.97. The average Bonchev–Trinajstić information content (AvgIpc) is 2.35. The third-order valence-corrected chi connectivity index (χ3v) is 4.99. The van der Waals surface area contributed by atoms with Gasteiger partial charge in [-0.2, -0.15) is 0 Å². The first-order valence-electron chi connectivity index (χ1n) is 7.95. The molecule has 0 fully saturated rings. The Morgan fingerprint density at radius 2 is 1.55 bits per heavy atom. The fourth-order valence-electron chi connectivity index (χ4n) is 2.40. The maximum Gasteiger partial charge on any atom is 0.130 e. The third kappa shape index (κ3) is 3.47. The number of hydrogen-bond acceptors (Lipinski definition) is 1. The standard InChI is InChI=1S/C21H32O/c1-11-12-15-13-16(19(2,3)4)14-17(18(15)22-10)21(8,9)20(5,6)7/h12-14H,1H2,2-10H3. The first-order valence-corrected chi connectivity index (χ1v) is 7.95. The molecule has 122 valence electrons. The van der Waals surface area contributed by atoms with E-state index < -0.39 is 0 Å². The molecule has 1 rings (SSSR count). The van der Waals surface area contributed by atoms with E-state index in [0.717, 1.165) is 11.3 Å². The van der Waals surface area contributed by atoms with Crippen molar-refractivity contribution in [2.45, 2.75) is 66.2 Å². The number of hydrogen-bond donors (Lipinski definition) is 0. The van der Waals surface area contributed by atoms with E-state index in [2.05, 4.69) is 79.8 Å². The Morgan fingerprint density at radius 3 is 1.91 bits per heavy atom. The summed E-state index contributed by atoms with van der Waals surface area (Å²) in [7, 11) is 1.74. The van der Waals surface area contributed by atoms with Crippen LogP contribution in [0.2, 0.25) is 0 Å². The summed E-state index contributed by atoms with van der Waals surface area (Å²) in [5.41, 5.74) is 6.68. The van der Waals surface area contributed by atoms with Crippen LogP contribution in [0, 0.1) is 5.41 Å². The minimum absolute atomic E-state index is 0.0244. The van der Waals surface area contributed by atoms with Crippen LogP contribution in [-0.4, -0.2) is 7.11 Å². The topological polar surface area (TPSA) is 9.23 Å². The maximum absolute atomic E-state index is 5.78. The van der Waals surface area contributed by atoms with E-state index in [4.69, 9.17) is 4.74 Å². The highest BCUT2D eigenvalue weighted by molar-refractivity contribution is 5.63. The fraction of sp³-hybridized carbons (Fsp3) is 0.571. The van der Waals surface area contributed by atoms with Gasteiger partial charge < -0.3 is 4.74 Å². The Labute approximate surface area is 137 Å². The molecule has 0 N–H and O–H groups in total. The van der Waals surface area contributed by atoms with E-state index in [1.165, 1.54) is 11.1 Å². The molecule has 1 aromatic rings. The molecular formula is C21H32O. The molecule has 0 bridgehead atoms. The molecule has 0 spiro atoms. The van der Waals surface area contributed by atoms with Gasteiger partial charge in [0.2, 0.25) is 0 Å². The highest BCUT2D eigenvalue weighted by Crippen LogP contribution is 2.47. The first kappa shape index (κ1) is 18.6. The van der Waals surface area contributed by atoms with E-state index in [9.17, 15) is 0 Å². The quantitative estimate of drug-likeness (QED) is 0.611. The second-order valence-electron chi connectivity index (χ2n) is 8.62. The molecule has 22 heavy (non-hydrogen) atoms. The average molecular weight is 300 g/mol. The van der Waals surface area contributed by atoms with Gasteiger partial charge in [0.15, 0.2) is 0 Å². The summed E-state index contributed by atoms with van der Waals surface area (Å²) in [6.45, 7) is 21.9. The van der Waals surface area contributed by atoms with Gasteiger partial charge in [-0.25, -0.2) is 0 Å². The molecule has 0 aliphatic rings. The summed E-state index contributed by atoms with van der Waals surface area (Å²) < 4.78 is 5.78. The number of ether oxygens (including phenoxy) is 1. The van der Waals surface area contributed by atoms with Gasteiger partial charge in [-0.3, -0.25) is 0 Å². The molecule has 1 nitrogen and oxygen atoms in total. The van der Waals surface area contributed by atoms with Gasteiger partial charge in [0.25, 0.3) is 0 Å². The summed E-state index contributed by atoms with van der Waals surface area (Å²) in [6.07, 6.45) is 1.91. The van der Waals surface area contributed by atoms with E-state index in [1.54, 1.807) is 7.11 Å². The van der Waals surface area contributed by atoms with Gasteiger partial charge >= 0.3 is 0 Å². The van der Waals surface area contributed by atoms with Crippen molar-refractivity contribution < 1.29 is 4.74 Å². The number of rotatable bonds is 3. The summed E-state index contributed by atoms with van der Waals surface area (Å²) in [5.74, 6) is 0.934. The molecule has 0 aromatic heterocycles. The molecule has 0 unspecified atom stereocenters. The first-order chi connectivity index (χ1) is 9.86. The van der Waals surface area contributed by atoms with Crippen molar-refractivity contribution in [1.82, 2.24) is 0 Å². The molecule has 0 amide bonds. The molecule has 1 heteroatoms. The highest BCUT2D eigenvalue weighted by Gasteiger charge is 2.38. The molecule has 0 heterocycles. The zero-order valence-corrected chi connectivity index (χ0v) is 15.8. The fourth-order valence-corrected chi connectivity index (χ4v) is 2.40. The minimum Gasteiger partial charge on any atom is -0.496 e. The smallest absolute Gasteiger partial charge is 0.130 e. The third-order valence-electron chi connectivity index (χ3n) is 4.99. The van der Waals surface area contributed by atoms with Crippen molar-refractivity contribution in [2.24, 2.45) is 5.41 Å². The van der Waals surface area contributed by atoms with Crippen LogP contribution in [-0.2, 0) is 10.8 Å². The van der Waals surface area contributed by atoms with Crippen molar-refractivity contribution in [2.75, 3.05) is 7.11 Å². The normalized spacial score (nSPS) is 12.8. The van der Waals surface area contributed by atoms with Gasteiger partial charge in [-0.05, 0) is 34.0 Å². The van der Waals surface area contributed by atoms with E-state index >= 15 is 0 Å². The van der Waals surface area contributed by atoms with Crippen molar-refractivity contribution >= 4 is 6.08 Å². The lowest BCUT2D eigenvalue weighted by Gasteiger charge is -2.41. The Kier molecular flexibility index (Phi) is 5.04. The van der Waals surface area contributed by atoms with Crippen LogP contribution in [0.4, 0.5) is 0 Å². The van der Waals surface area contributed by atoms with Crippen molar-refractivity contribution in [3.63, 3.8) is 0 Å². The van der Waals surface area contributed by atoms with Gasteiger partial charge in [0, 0.05) is 11.1 Å². The van der Waals surface area contributed by atoms with Crippen molar-refractivity contribution in [3.05, 3.63) is 41.1 Å². The van der Waals surface area contributed by atoms with E-state index in [1.807, 2.05) is 6.08 Å². The van der Waals surface area contributed by atoms with Gasteiger partial charge in [-0.15, -0.1) is 5.73 Å². The minimum atomic E-state index is -0.0244. The van der Waals surface area contributed by atoms with Gasteiger partial charge in [0.05, 0.1) is 7.11 Å². The zero-order valence-electron chi connectivity index (χ0n) is 15.8. The summed E-state index contributed by atoms with van der Waals surface area (Å²) in [4.78, 5) is 0. The summed E-state index contributed by atoms with van der Waals surface area (Å²) in [6, 6.07) is 4.50. The molecule has 1 aromatic carbocycles. The van der Waals surface area contributed by atoms with Crippen molar-refractivity contribution in [1.29, 1.82) is 0 Å². The molecule has 0 saturated heterocycles. The SMILES string of the molecule is C=C=Cc1cc(C(C)(C)C)cc(C(C)(C)C(C)(C)C)c1OC. The summed E-state index contributed by atoms with van der Waals surface area (Å²) in [5, 5.41) is 0. The Hall–Kier alpha value is -1.46. The van der Waals surface area contributed by atoms with Gasteiger partial charge in [-0.1, -0.05) is 68.0 Å². The summed E-state index contributed by atoms with van der Waals surface area (Å²) >= 11 is 0. The van der Waals surface area contributed by atoms with Gasteiger partial charge in [0.1, 0.15) is 5.75 Å². The second-order valence-corrected chi connectivity index (χ2v) is 8.62. The Balaban J connectivity index is 3.82.